The molecule has 1 aliphatic heterocycles. The minimum atomic E-state index is -0.236. The molecule has 0 saturated carbocycles. The van der Waals surface area contributed by atoms with Crippen molar-refractivity contribution in [3.05, 3.63) is 95.1 Å². The van der Waals surface area contributed by atoms with Crippen LogP contribution in [0.25, 0.3) is 0 Å². The van der Waals surface area contributed by atoms with Crippen LogP contribution >= 0.6 is 12.2 Å². The Bertz CT molecular complexity index is 1190. The maximum atomic E-state index is 12.6. The molecule has 7 heteroatoms. The van der Waals surface area contributed by atoms with Gasteiger partial charge in [0.05, 0.1) is 0 Å². The van der Waals surface area contributed by atoms with Gasteiger partial charge in [0, 0.05) is 48.7 Å². The van der Waals surface area contributed by atoms with Crippen molar-refractivity contribution in [2.24, 2.45) is 0 Å². The first-order chi connectivity index (χ1) is 16.4. The molecule has 2 N–H and O–H groups in total. The first-order valence-electron chi connectivity index (χ1n) is 11.3. The highest BCUT2D eigenvalue weighted by Gasteiger charge is 2.22. The number of amides is 2. The maximum absolute atomic E-state index is 12.6. The smallest absolute Gasteiger partial charge is 0.257 e. The number of benzene rings is 3. The second-order valence-corrected chi connectivity index (χ2v) is 8.81. The molecule has 0 aliphatic carbocycles. The minimum absolute atomic E-state index is 0.0798. The molecule has 0 spiro atoms. The maximum Gasteiger partial charge on any atom is 0.257 e. The largest absolute Gasteiger partial charge is 0.368 e. The van der Waals surface area contributed by atoms with Crippen molar-refractivity contribution in [2.75, 3.05) is 36.4 Å². The molecular weight excluding hydrogens is 444 g/mol. The van der Waals surface area contributed by atoms with Crippen molar-refractivity contribution < 1.29 is 9.59 Å². The van der Waals surface area contributed by atoms with E-state index in [2.05, 4.69) is 15.5 Å². The van der Waals surface area contributed by atoms with E-state index < -0.39 is 0 Å². The predicted molar refractivity (Wildman–Crippen MR) is 141 cm³/mol. The molecule has 3 aromatic rings. The quantitative estimate of drug-likeness (QED) is 0.552. The molecular formula is C27H28N4O2S. The molecule has 174 valence electrons. The number of hydrogen-bond donors (Lipinski definition) is 2. The molecule has 34 heavy (non-hydrogen) atoms. The van der Waals surface area contributed by atoms with Crippen LogP contribution in [0.3, 0.4) is 0 Å². The summed E-state index contributed by atoms with van der Waals surface area (Å²) in [5.41, 5.74) is 5.39. The monoisotopic (exact) mass is 472 g/mol. The summed E-state index contributed by atoms with van der Waals surface area (Å²) in [6.07, 6.45) is 0. The number of piperazine rings is 1. The van der Waals surface area contributed by atoms with E-state index in [4.69, 9.17) is 12.2 Å². The van der Waals surface area contributed by atoms with Crippen LogP contribution in [0.5, 0.6) is 0 Å². The van der Waals surface area contributed by atoms with Crippen LogP contribution < -0.4 is 15.5 Å². The number of carbonyl (C=O) groups is 2. The van der Waals surface area contributed by atoms with E-state index >= 15 is 0 Å². The van der Waals surface area contributed by atoms with Crippen molar-refractivity contribution >= 4 is 40.5 Å². The van der Waals surface area contributed by atoms with E-state index in [-0.39, 0.29) is 16.9 Å². The summed E-state index contributed by atoms with van der Waals surface area (Å²) in [6, 6.07) is 22.9. The second kappa shape index (κ2) is 10.5. The molecule has 1 saturated heterocycles. The van der Waals surface area contributed by atoms with Gasteiger partial charge < -0.3 is 15.1 Å². The molecule has 0 aromatic heterocycles. The number of nitrogens with zero attached hydrogens (tertiary/aromatic N) is 2. The summed E-state index contributed by atoms with van der Waals surface area (Å²) in [7, 11) is 0. The highest BCUT2D eigenvalue weighted by Crippen LogP contribution is 2.20. The van der Waals surface area contributed by atoms with Gasteiger partial charge in [-0.2, -0.15) is 0 Å². The van der Waals surface area contributed by atoms with E-state index in [1.54, 1.807) is 6.07 Å². The minimum Gasteiger partial charge on any atom is -0.368 e. The van der Waals surface area contributed by atoms with Gasteiger partial charge in [0.1, 0.15) is 0 Å². The topological polar surface area (TPSA) is 64.7 Å². The van der Waals surface area contributed by atoms with Gasteiger partial charge in [0.15, 0.2) is 5.11 Å². The first kappa shape index (κ1) is 23.4. The van der Waals surface area contributed by atoms with Crippen molar-refractivity contribution in [1.82, 2.24) is 10.2 Å². The lowest BCUT2D eigenvalue weighted by Gasteiger charge is -2.36. The second-order valence-electron chi connectivity index (χ2n) is 8.40. The Morgan fingerprint density at radius 3 is 2.12 bits per heavy atom. The fraction of sp³-hybridized carbons (Fsp3) is 0.222. The summed E-state index contributed by atoms with van der Waals surface area (Å²) in [5.74, 6) is -0.156. The molecule has 1 aliphatic rings. The van der Waals surface area contributed by atoms with Crippen molar-refractivity contribution in [1.29, 1.82) is 0 Å². The Balaban J connectivity index is 1.28. The third-order valence-corrected chi connectivity index (χ3v) is 6.28. The van der Waals surface area contributed by atoms with Crippen molar-refractivity contribution in [2.45, 2.75) is 13.8 Å². The average molecular weight is 473 g/mol. The molecule has 0 atom stereocenters. The number of rotatable bonds is 4. The van der Waals surface area contributed by atoms with Crippen LogP contribution in [0.2, 0.25) is 0 Å². The molecule has 0 unspecified atom stereocenters. The van der Waals surface area contributed by atoms with Gasteiger partial charge >= 0.3 is 0 Å². The van der Waals surface area contributed by atoms with Gasteiger partial charge in [0.25, 0.3) is 11.8 Å². The van der Waals surface area contributed by atoms with Crippen LogP contribution in [0.1, 0.15) is 31.8 Å². The van der Waals surface area contributed by atoms with Crippen molar-refractivity contribution in [3.63, 3.8) is 0 Å². The summed E-state index contributed by atoms with van der Waals surface area (Å²) in [6.45, 7) is 6.90. The van der Waals surface area contributed by atoms with Gasteiger partial charge in [-0.05, 0) is 85.7 Å². The Morgan fingerprint density at radius 1 is 0.794 bits per heavy atom. The van der Waals surface area contributed by atoms with E-state index in [1.165, 1.54) is 0 Å². The Labute approximate surface area is 205 Å². The molecule has 0 bridgehead atoms. The number of nitrogens with one attached hydrogen (secondary N) is 2. The number of thiocarbonyl (C=S) groups is 1. The van der Waals surface area contributed by atoms with Crippen LogP contribution in [0, 0.1) is 13.8 Å². The van der Waals surface area contributed by atoms with Gasteiger partial charge in [-0.15, -0.1) is 0 Å². The third kappa shape index (κ3) is 5.61. The highest BCUT2D eigenvalue weighted by molar-refractivity contribution is 7.80. The van der Waals surface area contributed by atoms with E-state index in [0.717, 1.165) is 41.2 Å². The Hall–Kier alpha value is -3.71. The van der Waals surface area contributed by atoms with Crippen LogP contribution in [-0.2, 0) is 0 Å². The number of hydrogen-bond acceptors (Lipinski definition) is 4. The van der Waals surface area contributed by atoms with Crippen LogP contribution in [0.4, 0.5) is 11.4 Å². The lowest BCUT2D eigenvalue weighted by Crippen LogP contribution is -2.48. The first-order valence-corrected chi connectivity index (χ1v) is 11.7. The third-order valence-electron chi connectivity index (χ3n) is 6.07. The van der Waals surface area contributed by atoms with Gasteiger partial charge in [-0.25, -0.2) is 0 Å². The normalized spacial score (nSPS) is 13.4. The molecule has 3 aromatic carbocycles. The van der Waals surface area contributed by atoms with E-state index in [0.29, 0.717) is 18.7 Å². The lowest BCUT2D eigenvalue weighted by molar-refractivity contribution is 0.0746. The van der Waals surface area contributed by atoms with Crippen LogP contribution in [0.15, 0.2) is 72.8 Å². The van der Waals surface area contributed by atoms with Gasteiger partial charge in [-0.1, -0.05) is 24.3 Å². The summed E-state index contributed by atoms with van der Waals surface area (Å²) >= 11 is 5.32. The predicted octanol–water partition coefficient (Wildman–Crippen LogP) is 4.39. The zero-order valence-electron chi connectivity index (χ0n) is 19.4. The van der Waals surface area contributed by atoms with E-state index in [9.17, 15) is 9.59 Å². The number of anilines is 2. The molecule has 2 amide bonds. The van der Waals surface area contributed by atoms with Crippen molar-refractivity contribution in [3.8, 4) is 0 Å². The average Bonchev–Trinajstić information content (AvgIpc) is 2.86. The fourth-order valence-electron chi connectivity index (χ4n) is 3.91. The zero-order valence-corrected chi connectivity index (χ0v) is 20.2. The van der Waals surface area contributed by atoms with Gasteiger partial charge in [-0.3, -0.25) is 14.9 Å². The molecule has 0 radical (unpaired) electrons. The molecule has 6 nitrogen and oxygen atoms in total. The SMILES string of the molecule is Cc1ccc(C(=O)NC(=S)Nc2ccc(N3CCN(C(=O)c4ccccc4)CC3)cc2)cc1C. The summed E-state index contributed by atoms with van der Waals surface area (Å²) in [4.78, 5) is 29.3. The summed E-state index contributed by atoms with van der Waals surface area (Å²) in [5, 5.41) is 6.05. The van der Waals surface area contributed by atoms with Gasteiger partial charge in [0.2, 0.25) is 0 Å². The molecule has 1 heterocycles. The highest BCUT2D eigenvalue weighted by atomic mass is 32.1. The standard InChI is InChI=1S/C27H28N4O2S/c1-19-8-9-22(18-20(19)2)25(32)29-27(34)28-23-10-12-24(13-11-23)30-14-16-31(17-15-30)26(33)21-6-4-3-5-7-21/h3-13,18H,14-17H2,1-2H3,(H2,28,29,32,34). The number of aryl methyl sites for hydroxylation is 2. The number of carbonyl (C=O) groups excluding carboxylic acids is 2. The Morgan fingerprint density at radius 2 is 1.47 bits per heavy atom. The molecule has 1 fully saturated rings. The lowest BCUT2D eigenvalue weighted by atomic mass is 10.1. The molecule has 4 rings (SSSR count). The Kier molecular flexibility index (Phi) is 7.23. The zero-order chi connectivity index (χ0) is 24.1. The van der Waals surface area contributed by atoms with Crippen LogP contribution in [-0.4, -0.2) is 48.0 Å². The van der Waals surface area contributed by atoms with E-state index in [1.807, 2.05) is 85.5 Å². The summed E-state index contributed by atoms with van der Waals surface area (Å²) < 4.78 is 0. The fourth-order valence-corrected chi connectivity index (χ4v) is 4.12.